The molecule has 0 radical (unpaired) electrons. The largest absolute Gasteiger partial charge is 0.495 e. The first kappa shape index (κ1) is 18.7. The maximum atomic E-state index is 14.1. The van der Waals surface area contributed by atoms with E-state index in [4.69, 9.17) is 16.3 Å². The van der Waals surface area contributed by atoms with Gasteiger partial charge in [-0.1, -0.05) is 23.7 Å². The summed E-state index contributed by atoms with van der Waals surface area (Å²) < 4.78 is 19.4. The lowest BCUT2D eigenvalue weighted by Crippen LogP contribution is -2.35. The quantitative estimate of drug-likeness (QED) is 0.778. The molecular formula is C20H22ClFN2O2. The highest BCUT2D eigenvalue weighted by Gasteiger charge is 2.31. The molecule has 0 aliphatic heterocycles. The van der Waals surface area contributed by atoms with E-state index in [0.29, 0.717) is 28.6 Å². The number of benzene rings is 2. The lowest BCUT2D eigenvalue weighted by Gasteiger charge is -2.22. The lowest BCUT2D eigenvalue weighted by atomic mass is 10.2. The third-order valence-corrected chi connectivity index (χ3v) is 4.82. The van der Waals surface area contributed by atoms with E-state index in [0.717, 1.165) is 18.4 Å². The van der Waals surface area contributed by atoms with E-state index in [1.807, 2.05) is 30.0 Å². The molecule has 4 nitrogen and oxygen atoms in total. The highest BCUT2D eigenvalue weighted by atomic mass is 35.5. The second kappa shape index (κ2) is 8.06. The van der Waals surface area contributed by atoms with Crippen molar-refractivity contribution in [2.24, 2.45) is 0 Å². The summed E-state index contributed by atoms with van der Waals surface area (Å²) in [6, 6.07) is 10.5. The van der Waals surface area contributed by atoms with Gasteiger partial charge in [-0.15, -0.1) is 0 Å². The SMILES string of the molecule is COc1ccc(C)cc1NC(=O)CN(Cc1c(F)cccc1Cl)C1CC1. The average Bonchev–Trinajstić information content (AvgIpc) is 3.42. The van der Waals surface area contributed by atoms with Gasteiger partial charge in [0.05, 0.1) is 19.3 Å². The lowest BCUT2D eigenvalue weighted by molar-refractivity contribution is -0.117. The number of amides is 1. The minimum absolute atomic E-state index is 0.159. The number of hydrogen-bond donors (Lipinski definition) is 1. The zero-order valence-corrected chi connectivity index (χ0v) is 15.6. The second-order valence-electron chi connectivity index (χ2n) is 6.59. The Morgan fingerprint density at radius 3 is 2.77 bits per heavy atom. The first-order valence-electron chi connectivity index (χ1n) is 8.59. The molecule has 0 saturated heterocycles. The molecule has 0 atom stereocenters. The molecule has 6 heteroatoms. The van der Waals surface area contributed by atoms with Crippen LogP contribution in [0.4, 0.5) is 10.1 Å². The average molecular weight is 377 g/mol. The van der Waals surface area contributed by atoms with Gasteiger partial charge in [-0.2, -0.15) is 0 Å². The third kappa shape index (κ3) is 4.54. The van der Waals surface area contributed by atoms with Gasteiger partial charge in [-0.05, 0) is 49.6 Å². The van der Waals surface area contributed by atoms with Crippen LogP contribution in [0, 0.1) is 12.7 Å². The van der Waals surface area contributed by atoms with Crippen molar-refractivity contribution < 1.29 is 13.9 Å². The van der Waals surface area contributed by atoms with Crippen molar-refractivity contribution in [1.82, 2.24) is 4.90 Å². The van der Waals surface area contributed by atoms with Gasteiger partial charge in [0, 0.05) is 23.2 Å². The molecule has 138 valence electrons. The Kier molecular flexibility index (Phi) is 5.79. The van der Waals surface area contributed by atoms with E-state index in [1.165, 1.54) is 6.07 Å². The molecule has 1 aliphatic carbocycles. The summed E-state index contributed by atoms with van der Waals surface area (Å²) in [5.74, 6) is 0.108. The first-order chi connectivity index (χ1) is 12.5. The van der Waals surface area contributed by atoms with Crippen LogP contribution < -0.4 is 10.1 Å². The fourth-order valence-corrected chi connectivity index (χ4v) is 3.16. The Morgan fingerprint density at radius 2 is 2.12 bits per heavy atom. The van der Waals surface area contributed by atoms with Gasteiger partial charge >= 0.3 is 0 Å². The van der Waals surface area contributed by atoms with Crippen LogP contribution in [-0.2, 0) is 11.3 Å². The predicted octanol–water partition coefficient (Wildman–Crippen LogP) is 4.40. The topological polar surface area (TPSA) is 41.6 Å². The molecule has 2 aromatic carbocycles. The molecular weight excluding hydrogens is 355 g/mol. The Morgan fingerprint density at radius 1 is 1.35 bits per heavy atom. The van der Waals surface area contributed by atoms with Crippen LogP contribution in [0.1, 0.15) is 24.0 Å². The van der Waals surface area contributed by atoms with Crippen LogP contribution in [0.5, 0.6) is 5.75 Å². The van der Waals surface area contributed by atoms with Crippen molar-refractivity contribution >= 4 is 23.2 Å². The Balaban J connectivity index is 1.71. The molecule has 26 heavy (non-hydrogen) atoms. The number of hydrogen-bond acceptors (Lipinski definition) is 3. The van der Waals surface area contributed by atoms with Crippen LogP contribution in [-0.4, -0.2) is 30.5 Å². The molecule has 0 aromatic heterocycles. The van der Waals surface area contributed by atoms with Crippen molar-refractivity contribution in [2.45, 2.75) is 32.4 Å². The Labute approximate surface area is 157 Å². The van der Waals surface area contributed by atoms with Crippen molar-refractivity contribution in [2.75, 3.05) is 19.0 Å². The molecule has 1 N–H and O–H groups in total. The van der Waals surface area contributed by atoms with E-state index >= 15 is 0 Å². The summed E-state index contributed by atoms with van der Waals surface area (Å²) in [5.41, 5.74) is 2.09. The molecule has 0 unspecified atom stereocenters. The molecule has 0 spiro atoms. The highest BCUT2D eigenvalue weighted by Crippen LogP contribution is 2.31. The van der Waals surface area contributed by atoms with Crippen LogP contribution in [0.3, 0.4) is 0 Å². The summed E-state index contributed by atoms with van der Waals surface area (Å²) in [7, 11) is 1.57. The minimum atomic E-state index is -0.344. The number of nitrogens with zero attached hydrogens (tertiary/aromatic N) is 1. The van der Waals surface area contributed by atoms with Gasteiger partial charge in [0.15, 0.2) is 0 Å². The first-order valence-corrected chi connectivity index (χ1v) is 8.97. The van der Waals surface area contributed by atoms with Gasteiger partial charge in [0.2, 0.25) is 5.91 Å². The zero-order chi connectivity index (χ0) is 18.7. The second-order valence-corrected chi connectivity index (χ2v) is 7.00. The summed E-state index contributed by atoms with van der Waals surface area (Å²) >= 11 is 6.14. The standard InChI is InChI=1S/C20H22ClFN2O2/c1-13-6-9-19(26-2)18(10-13)23-20(25)12-24(14-7-8-14)11-15-16(21)4-3-5-17(15)22/h3-6,9-10,14H,7-8,11-12H2,1-2H3,(H,23,25). The van der Waals surface area contributed by atoms with Crippen molar-refractivity contribution in [3.05, 3.63) is 58.4 Å². The van der Waals surface area contributed by atoms with E-state index in [-0.39, 0.29) is 24.3 Å². The number of methoxy groups -OCH3 is 1. The number of aryl methyl sites for hydroxylation is 1. The van der Waals surface area contributed by atoms with Gasteiger partial charge in [-0.3, -0.25) is 9.69 Å². The fraction of sp³-hybridized carbons (Fsp3) is 0.350. The predicted molar refractivity (Wildman–Crippen MR) is 101 cm³/mol. The molecule has 1 saturated carbocycles. The van der Waals surface area contributed by atoms with Gasteiger partial charge in [0.1, 0.15) is 11.6 Å². The number of carbonyl (C=O) groups is 1. The Hall–Kier alpha value is -2.11. The van der Waals surface area contributed by atoms with Gasteiger partial charge < -0.3 is 10.1 Å². The Bertz CT molecular complexity index is 788. The molecule has 1 fully saturated rings. The number of rotatable bonds is 7. The fourth-order valence-electron chi connectivity index (χ4n) is 2.93. The summed E-state index contributed by atoms with van der Waals surface area (Å²) in [5, 5.41) is 3.28. The normalized spacial score (nSPS) is 13.7. The van der Waals surface area contributed by atoms with E-state index in [1.54, 1.807) is 19.2 Å². The van der Waals surface area contributed by atoms with Gasteiger partial charge in [0.25, 0.3) is 0 Å². The molecule has 1 amide bonds. The number of ether oxygens (including phenoxy) is 1. The summed E-state index contributed by atoms with van der Waals surface area (Å²) in [4.78, 5) is 14.5. The highest BCUT2D eigenvalue weighted by molar-refractivity contribution is 6.31. The van der Waals surface area contributed by atoms with Crippen molar-refractivity contribution in [3.63, 3.8) is 0 Å². The maximum absolute atomic E-state index is 14.1. The summed E-state index contributed by atoms with van der Waals surface area (Å²) in [6.07, 6.45) is 2.01. The monoisotopic (exact) mass is 376 g/mol. The number of anilines is 1. The van der Waals surface area contributed by atoms with Crippen LogP contribution in [0.15, 0.2) is 36.4 Å². The molecule has 0 bridgehead atoms. The summed E-state index contributed by atoms with van der Waals surface area (Å²) in [6.45, 7) is 2.44. The van der Waals surface area contributed by atoms with Crippen molar-refractivity contribution in [3.8, 4) is 5.75 Å². The van der Waals surface area contributed by atoms with E-state index < -0.39 is 0 Å². The molecule has 2 aromatic rings. The minimum Gasteiger partial charge on any atom is -0.495 e. The van der Waals surface area contributed by atoms with Gasteiger partial charge in [-0.25, -0.2) is 4.39 Å². The third-order valence-electron chi connectivity index (χ3n) is 4.46. The van der Waals surface area contributed by atoms with Crippen LogP contribution in [0.25, 0.3) is 0 Å². The zero-order valence-electron chi connectivity index (χ0n) is 14.9. The smallest absolute Gasteiger partial charge is 0.238 e. The van der Waals surface area contributed by atoms with E-state index in [9.17, 15) is 9.18 Å². The molecule has 1 aliphatic rings. The molecule has 3 rings (SSSR count). The van der Waals surface area contributed by atoms with Crippen molar-refractivity contribution in [1.29, 1.82) is 0 Å². The molecule has 0 heterocycles. The number of nitrogens with one attached hydrogen (secondary N) is 1. The number of halogens is 2. The maximum Gasteiger partial charge on any atom is 0.238 e. The van der Waals surface area contributed by atoms with Crippen LogP contribution in [0.2, 0.25) is 5.02 Å². The number of carbonyl (C=O) groups excluding carboxylic acids is 1. The van der Waals surface area contributed by atoms with Crippen LogP contribution >= 0.6 is 11.6 Å². The van der Waals surface area contributed by atoms with E-state index in [2.05, 4.69) is 5.32 Å².